The molecule has 4 rings (SSSR count). The molecule has 0 saturated heterocycles. The number of hydrogen-bond acceptors (Lipinski definition) is 8. The van der Waals surface area contributed by atoms with Crippen molar-refractivity contribution in [3.05, 3.63) is 62.5 Å². The lowest BCUT2D eigenvalue weighted by Crippen LogP contribution is -2.30. The van der Waals surface area contributed by atoms with E-state index in [-0.39, 0.29) is 12.1 Å². The van der Waals surface area contributed by atoms with Crippen molar-refractivity contribution < 1.29 is 18.7 Å². The van der Waals surface area contributed by atoms with E-state index in [1.807, 2.05) is 6.07 Å². The number of nitrogens with zero attached hydrogens (tertiary/aromatic N) is 3. The molecule has 1 aromatic carbocycles. The number of hydrogen-bond donors (Lipinski definition) is 1. The molecule has 0 saturated carbocycles. The van der Waals surface area contributed by atoms with Crippen molar-refractivity contribution in [1.82, 2.24) is 14.1 Å². The largest absolute Gasteiger partial charge is 0.497 e. The fourth-order valence-electron chi connectivity index (χ4n) is 3.25. The van der Waals surface area contributed by atoms with Gasteiger partial charge >= 0.3 is 0 Å². The van der Waals surface area contributed by atoms with Crippen molar-refractivity contribution in [3.63, 3.8) is 0 Å². The Morgan fingerprint density at radius 2 is 2.06 bits per heavy atom. The molecule has 0 aliphatic carbocycles. The van der Waals surface area contributed by atoms with Gasteiger partial charge in [-0.25, -0.2) is 4.98 Å². The van der Waals surface area contributed by atoms with Crippen molar-refractivity contribution in [2.24, 2.45) is 0 Å². The average molecular weight is 473 g/mol. The monoisotopic (exact) mass is 472 g/mol. The smallest absolute Gasteiger partial charge is 0.273 e. The first-order valence-electron chi connectivity index (χ1n) is 9.56. The molecule has 0 atom stereocenters. The van der Waals surface area contributed by atoms with E-state index in [4.69, 9.17) is 26.1 Å². The number of nitrogens with one attached hydrogen (secondary N) is 1. The molecular weight excluding hydrogens is 452 g/mol. The van der Waals surface area contributed by atoms with E-state index in [1.54, 1.807) is 49.1 Å². The number of methoxy groups -OCH3 is 2. The van der Waals surface area contributed by atoms with Crippen LogP contribution in [0.5, 0.6) is 11.5 Å². The predicted molar refractivity (Wildman–Crippen MR) is 123 cm³/mol. The molecule has 0 aliphatic heterocycles. The molecule has 0 bridgehead atoms. The Hall–Kier alpha value is -3.44. The lowest BCUT2D eigenvalue weighted by molar-refractivity contribution is -0.116. The number of ether oxygens (including phenoxy) is 2. The standard InChI is InChI=1S/C21H20N4O5S2/c1-12-22-19-18(32-21(31)25(19)10-14-5-4-8-30-14)20(27)24(12)11-17(26)23-15-7-6-13(28-2)9-16(15)29-3/h4-9H,10-11H2,1-3H3,(H,23,26). The van der Waals surface area contributed by atoms with Gasteiger partial charge in [0.05, 0.1) is 32.7 Å². The van der Waals surface area contributed by atoms with E-state index < -0.39 is 5.91 Å². The van der Waals surface area contributed by atoms with Crippen LogP contribution in [0, 0.1) is 10.9 Å². The van der Waals surface area contributed by atoms with Gasteiger partial charge in [-0.2, -0.15) is 0 Å². The van der Waals surface area contributed by atoms with E-state index in [0.717, 1.165) is 0 Å². The number of amides is 1. The van der Waals surface area contributed by atoms with Crippen LogP contribution in [0.25, 0.3) is 10.3 Å². The van der Waals surface area contributed by atoms with Gasteiger partial charge in [-0.15, -0.1) is 0 Å². The molecular formula is C21H20N4O5S2. The molecule has 1 amide bonds. The maximum atomic E-state index is 13.1. The lowest BCUT2D eigenvalue weighted by atomic mass is 10.2. The summed E-state index contributed by atoms with van der Waals surface area (Å²) in [6, 6.07) is 8.66. The van der Waals surface area contributed by atoms with Crippen LogP contribution in [0.15, 0.2) is 45.8 Å². The number of aromatic nitrogens is 3. The van der Waals surface area contributed by atoms with Crippen LogP contribution >= 0.6 is 23.6 Å². The zero-order valence-electron chi connectivity index (χ0n) is 17.6. The highest BCUT2D eigenvalue weighted by Crippen LogP contribution is 2.29. The number of fused-ring (bicyclic) bond motifs is 1. The van der Waals surface area contributed by atoms with Gasteiger partial charge in [0, 0.05) is 6.07 Å². The Labute approximate surface area is 191 Å². The molecule has 4 aromatic rings. The summed E-state index contributed by atoms with van der Waals surface area (Å²) < 4.78 is 19.9. The number of benzene rings is 1. The second kappa shape index (κ2) is 8.97. The SMILES string of the molecule is COc1ccc(NC(=O)Cn2c(C)nc3c(sc(=S)n3Cc3ccco3)c2=O)c(OC)c1. The molecule has 0 aliphatic rings. The molecule has 0 unspecified atom stereocenters. The van der Waals surface area contributed by atoms with E-state index in [2.05, 4.69) is 10.3 Å². The first-order valence-corrected chi connectivity index (χ1v) is 10.8. The van der Waals surface area contributed by atoms with Gasteiger partial charge < -0.3 is 19.2 Å². The molecule has 0 fully saturated rings. The number of rotatable bonds is 7. The van der Waals surface area contributed by atoms with E-state index in [1.165, 1.54) is 23.0 Å². The minimum Gasteiger partial charge on any atom is -0.497 e. The summed E-state index contributed by atoms with van der Waals surface area (Å²) in [6.45, 7) is 1.85. The van der Waals surface area contributed by atoms with Crippen LogP contribution in [0.2, 0.25) is 0 Å². The molecule has 3 aromatic heterocycles. The third-order valence-corrected chi connectivity index (χ3v) is 6.27. The Morgan fingerprint density at radius 3 is 2.75 bits per heavy atom. The Morgan fingerprint density at radius 1 is 1.25 bits per heavy atom. The number of anilines is 1. The number of carbonyl (C=O) groups is 1. The van der Waals surface area contributed by atoms with Gasteiger partial charge in [0.2, 0.25) is 5.91 Å². The molecule has 0 radical (unpaired) electrons. The van der Waals surface area contributed by atoms with Gasteiger partial charge in [0.15, 0.2) is 9.60 Å². The third-order valence-electron chi connectivity index (χ3n) is 4.84. The second-order valence-corrected chi connectivity index (χ2v) is 8.50. The summed E-state index contributed by atoms with van der Waals surface area (Å²) in [4.78, 5) is 30.4. The summed E-state index contributed by atoms with van der Waals surface area (Å²) in [5, 5.41) is 2.77. The van der Waals surface area contributed by atoms with E-state index in [0.29, 0.717) is 49.6 Å². The van der Waals surface area contributed by atoms with Gasteiger partial charge in [0.25, 0.3) is 5.56 Å². The van der Waals surface area contributed by atoms with Crippen molar-refractivity contribution in [3.8, 4) is 11.5 Å². The quantitative estimate of drug-likeness (QED) is 0.410. The number of furan rings is 1. The average Bonchev–Trinajstić information content (AvgIpc) is 3.40. The Balaban J connectivity index is 1.63. The predicted octanol–water partition coefficient (Wildman–Crippen LogP) is 3.59. The lowest BCUT2D eigenvalue weighted by Gasteiger charge is -2.13. The van der Waals surface area contributed by atoms with Gasteiger partial charge in [0.1, 0.15) is 34.3 Å². The summed E-state index contributed by atoms with van der Waals surface area (Å²) in [5.74, 6) is 1.76. The summed E-state index contributed by atoms with van der Waals surface area (Å²) >= 11 is 6.61. The topological polar surface area (TPSA) is 101 Å². The molecule has 11 heteroatoms. The zero-order chi connectivity index (χ0) is 22.8. The maximum absolute atomic E-state index is 13.1. The van der Waals surface area contributed by atoms with Crippen molar-refractivity contribution in [2.75, 3.05) is 19.5 Å². The molecule has 9 nitrogen and oxygen atoms in total. The van der Waals surface area contributed by atoms with Crippen molar-refractivity contribution in [1.29, 1.82) is 0 Å². The Bertz CT molecular complexity index is 1400. The van der Waals surface area contributed by atoms with E-state index in [9.17, 15) is 9.59 Å². The molecule has 1 N–H and O–H groups in total. The van der Waals surface area contributed by atoms with Crippen LogP contribution in [-0.4, -0.2) is 34.2 Å². The van der Waals surface area contributed by atoms with Crippen LogP contribution in [0.1, 0.15) is 11.6 Å². The normalized spacial score (nSPS) is 11.0. The maximum Gasteiger partial charge on any atom is 0.273 e. The minimum absolute atomic E-state index is 0.203. The van der Waals surface area contributed by atoms with Gasteiger partial charge in [-0.05, 0) is 43.4 Å². The molecule has 32 heavy (non-hydrogen) atoms. The summed E-state index contributed by atoms with van der Waals surface area (Å²) in [5.41, 5.74) is 0.629. The van der Waals surface area contributed by atoms with Crippen LogP contribution in [-0.2, 0) is 17.9 Å². The highest BCUT2D eigenvalue weighted by Gasteiger charge is 2.18. The minimum atomic E-state index is -0.390. The van der Waals surface area contributed by atoms with Crippen LogP contribution in [0.4, 0.5) is 5.69 Å². The van der Waals surface area contributed by atoms with Crippen molar-refractivity contribution >= 4 is 45.5 Å². The molecule has 166 valence electrons. The second-order valence-electron chi connectivity index (χ2n) is 6.85. The highest BCUT2D eigenvalue weighted by atomic mass is 32.1. The third kappa shape index (κ3) is 4.16. The van der Waals surface area contributed by atoms with Crippen LogP contribution in [0.3, 0.4) is 0 Å². The molecule has 0 spiro atoms. The molecule has 3 heterocycles. The van der Waals surface area contributed by atoms with Crippen molar-refractivity contribution in [2.45, 2.75) is 20.0 Å². The Kier molecular flexibility index (Phi) is 6.10. The van der Waals surface area contributed by atoms with Gasteiger partial charge in [-0.3, -0.25) is 18.7 Å². The number of carbonyl (C=O) groups excluding carboxylic acids is 1. The fourth-order valence-corrected chi connectivity index (χ4v) is 4.53. The van der Waals surface area contributed by atoms with Gasteiger partial charge in [-0.1, -0.05) is 11.3 Å². The summed E-state index contributed by atoms with van der Waals surface area (Å²) in [6.07, 6.45) is 1.58. The zero-order valence-corrected chi connectivity index (χ0v) is 19.2. The first kappa shape index (κ1) is 21.8. The fraction of sp³-hybridized carbons (Fsp3) is 0.238. The first-order chi connectivity index (χ1) is 15.4. The number of aryl methyl sites for hydroxylation is 1. The summed E-state index contributed by atoms with van der Waals surface area (Å²) in [7, 11) is 3.04. The highest BCUT2D eigenvalue weighted by molar-refractivity contribution is 7.73. The van der Waals surface area contributed by atoms with Crippen LogP contribution < -0.4 is 20.3 Å². The number of thiazole rings is 1. The van der Waals surface area contributed by atoms with E-state index >= 15 is 0 Å².